The average molecular weight is 209 g/mol. The van der Waals surface area contributed by atoms with Crippen molar-refractivity contribution in [1.29, 1.82) is 0 Å². The topological polar surface area (TPSA) is 42.1 Å². The number of hydrogen-bond acceptors (Lipinski definition) is 4. The Morgan fingerprint density at radius 2 is 2.00 bits per heavy atom. The van der Waals surface area contributed by atoms with Gasteiger partial charge in [-0.1, -0.05) is 0 Å². The van der Waals surface area contributed by atoms with Gasteiger partial charge in [-0.2, -0.15) is 0 Å². The van der Waals surface area contributed by atoms with Gasteiger partial charge >= 0.3 is 0 Å². The van der Waals surface area contributed by atoms with Gasteiger partial charge in [-0.3, -0.25) is 4.90 Å². The number of nitrogen functional groups attached to an aromatic ring is 1. The van der Waals surface area contributed by atoms with Gasteiger partial charge in [0.05, 0.1) is 5.69 Å². The summed E-state index contributed by atoms with van der Waals surface area (Å²) in [5.74, 6) is 0. The summed E-state index contributed by atoms with van der Waals surface area (Å²) in [6, 6.07) is 1.67. The molecule has 1 aromatic rings. The van der Waals surface area contributed by atoms with Crippen molar-refractivity contribution in [3.63, 3.8) is 0 Å². The number of fused-ring (bicyclic) bond motifs is 2. The van der Waals surface area contributed by atoms with Crippen LogP contribution in [-0.2, 0) is 6.54 Å². The first-order chi connectivity index (χ1) is 6.83. The Bertz CT molecular complexity index is 316. The summed E-state index contributed by atoms with van der Waals surface area (Å²) in [6.45, 7) is 1.02. The molecule has 3 nitrogen and oxygen atoms in total. The maximum Gasteiger partial charge on any atom is 0.180 e. The van der Waals surface area contributed by atoms with Crippen LogP contribution in [0.5, 0.6) is 0 Å². The van der Waals surface area contributed by atoms with Crippen LogP contribution in [0.1, 0.15) is 31.4 Å². The first-order valence-corrected chi connectivity index (χ1v) is 6.16. The summed E-state index contributed by atoms with van der Waals surface area (Å²) in [5.41, 5.74) is 6.79. The van der Waals surface area contributed by atoms with Crippen LogP contribution in [0, 0.1) is 0 Å². The van der Waals surface area contributed by atoms with Gasteiger partial charge in [-0.05, 0) is 25.7 Å². The van der Waals surface area contributed by atoms with Crippen molar-refractivity contribution in [2.75, 3.05) is 5.73 Å². The van der Waals surface area contributed by atoms with Crippen LogP contribution in [0.25, 0.3) is 0 Å². The van der Waals surface area contributed by atoms with Gasteiger partial charge < -0.3 is 5.73 Å². The Balaban J connectivity index is 1.73. The van der Waals surface area contributed by atoms with Gasteiger partial charge in [0.25, 0.3) is 0 Å². The minimum absolute atomic E-state index is 0.701. The molecule has 2 bridgehead atoms. The standard InChI is InChI=1S/C10H15N3S/c11-10-12-7(6-14-10)5-13-8-1-2-9(13)4-3-8/h6,8-9H,1-5H2,(H2,11,12). The molecule has 0 radical (unpaired) electrons. The molecule has 2 N–H and O–H groups in total. The van der Waals surface area contributed by atoms with Crippen molar-refractivity contribution in [3.05, 3.63) is 11.1 Å². The smallest absolute Gasteiger partial charge is 0.180 e. The van der Waals surface area contributed by atoms with E-state index >= 15 is 0 Å². The van der Waals surface area contributed by atoms with Crippen LogP contribution in [0.15, 0.2) is 5.38 Å². The van der Waals surface area contributed by atoms with E-state index in [0.717, 1.165) is 24.3 Å². The highest BCUT2D eigenvalue weighted by atomic mass is 32.1. The van der Waals surface area contributed by atoms with Crippen LogP contribution in [0.3, 0.4) is 0 Å². The van der Waals surface area contributed by atoms with E-state index in [1.165, 1.54) is 25.7 Å². The predicted molar refractivity (Wildman–Crippen MR) is 58.1 cm³/mol. The molecule has 0 unspecified atom stereocenters. The molecule has 76 valence electrons. The number of aromatic nitrogens is 1. The zero-order chi connectivity index (χ0) is 9.54. The summed E-state index contributed by atoms with van der Waals surface area (Å²) in [5, 5.41) is 2.79. The van der Waals surface area contributed by atoms with Gasteiger partial charge in [0.2, 0.25) is 0 Å². The maximum absolute atomic E-state index is 5.63. The molecular weight excluding hydrogens is 194 g/mol. The van der Waals surface area contributed by atoms with Crippen LogP contribution in [0.2, 0.25) is 0 Å². The molecule has 2 saturated heterocycles. The molecule has 3 heterocycles. The number of thiazole rings is 1. The molecular formula is C10H15N3S. The molecule has 0 atom stereocenters. The highest BCUT2D eigenvalue weighted by Gasteiger charge is 2.39. The third-order valence-corrected chi connectivity index (χ3v) is 4.24. The normalized spacial score (nSPS) is 31.4. The highest BCUT2D eigenvalue weighted by Crippen LogP contribution is 2.38. The molecule has 1 aromatic heterocycles. The molecule has 0 amide bonds. The SMILES string of the molecule is Nc1nc(CN2C3CCC2CC3)cs1. The molecule has 3 rings (SSSR count). The van der Waals surface area contributed by atoms with Crippen molar-refractivity contribution in [2.45, 2.75) is 44.3 Å². The van der Waals surface area contributed by atoms with Gasteiger partial charge in [0.15, 0.2) is 5.13 Å². The number of nitrogens with zero attached hydrogens (tertiary/aromatic N) is 2. The lowest BCUT2D eigenvalue weighted by Crippen LogP contribution is -2.27. The van der Waals surface area contributed by atoms with E-state index in [2.05, 4.69) is 15.3 Å². The number of hydrogen-bond donors (Lipinski definition) is 1. The second-order valence-electron chi connectivity index (χ2n) is 4.31. The molecule has 0 saturated carbocycles. The number of anilines is 1. The zero-order valence-corrected chi connectivity index (χ0v) is 8.96. The van der Waals surface area contributed by atoms with Crippen LogP contribution >= 0.6 is 11.3 Å². The lowest BCUT2D eigenvalue weighted by molar-refractivity contribution is 0.241. The van der Waals surface area contributed by atoms with E-state index in [-0.39, 0.29) is 0 Å². The summed E-state index contributed by atoms with van der Waals surface area (Å²) in [6.07, 6.45) is 5.57. The summed E-state index contributed by atoms with van der Waals surface area (Å²) >= 11 is 1.55. The first-order valence-electron chi connectivity index (χ1n) is 5.28. The lowest BCUT2D eigenvalue weighted by atomic mass is 10.0. The quantitative estimate of drug-likeness (QED) is 0.808. The second-order valence-corrected chi connectivity index (χ2v) is 5.20. The van der Waals surface area contributed by atoms with E-state index in [4.69, 9.17) is 5.73 Å². The molecule has 2 aliphatic heterocycles. The maximum atomic E-state index is 5.63. The molecule has 4 heteroatoms. The fraction of sp³-hybridized carbons (Fsp3) is 0.700. The Morgan fingerprint density at radius 1 is 1.36 bits per heavy atom. The van der Waals surface area contributed by atoms with Gasteiger partial charge in [-0.15, -0.1) is 11.3 Å². The number of nitrogens with two attached hydrogens (primary N) is 1. The fourth-order valence-corrected chi connectivity index (χ4v) is 3.41. The van der Waals surface area contributed by atoms with Crippen molar-refractivity contribution >= 4 is 16.5 Å². The average Bonchev–Trinajstić information content (AvgIpc) is 2.85. The van der Waals surface area contributed by atoms with E-state index in [9.17, 15) is 0 Å². The fourth-order valence-electron chi connectivity index (χ4n) is 2.86. The Morgan fingerprint density at radius 3 is 2.50 bits per heavy atom. The van der Waals surface area contributed by atoms with E-state index < -0.39 is 0 Å². The first kappa shape index (κ1) is 8.68. The Hall–Kier alpha value is -0.610. The van der Waals surface area contributed by atoms with Gasteiger partial charge in [0, 0.05) is 24.0 Å². The van der Waals surface area contributed by atoms with Crippen molar-refractivity contribution in [2.24, 2.45) is 0 Å². The summed E-state index contributed by atoms with van der Waals surface area (Å²) in [7, 11) is 0. The third kappa shape index (κ3) is 1.33. The van der Waals surface area contributed by atoms with Gasteiger partial charge in [-0.25, -0.2) is 4.98 Å². The van der Waals surface area contributed by atoms with Crippen LogP contribution in [-0.4, -0.2) is 22.0 Å². The summed E-state index contributed by atoms with van der Waals surface area (Å²) < 4.78 is 0. The third-order valence-electron chi connectivity index (χ3n) is 3.52. The van der Waals surface area contributed by atoms with Crippen LogP contribution < -0.4 is 5.73 Å². The Labute approximate surface area is 87.9 Å². The molecule has 0 spiro atoms. The molecule has 2 aliphatic rings. The second kappa shape index (κ2) is 3.21. The molecule has 0 aliphatic carbocycles. The largest absolute Gasteiger partial charge is 0.375 e. The van der Waals surface area contributed by atoms with Gasteiger partial charge in [0.1, 0.15) is 0 Å². The Kier molecular flexibility index (Phi) is 1.99. The van der Waals surface area contributed by atoms with Crippen molar-refractivity contribution in [1.82, 2.24) is 9.88 Å². The van der Waals surface area contributed by atoms with Crippen LogP contribution in [0.4, 0.5) is 5.13 Å². The molecule has 2 fully saturated rings. The lowest BCUT2D eigenvalue weighted by Gasteiger charge is -2.19. The monoisotopic (exact) mass is 209 g/mol. The molecule has 14 heavy (non-hydrogen) atoms. The molecule has 0 aromatic carbocycles. The highest BCUT2D eigenvalue weighted by molar-refractivity contribution is 7.13. The zero-order valence-electron chi connectivity index (χ0n) is 8.15. The van der Waals surface area contributed by atoms with E-state index in [1.807, 2.05) is 0 Å². The minimum Gasteiger partial charge on any atom is -0.375 e. The van der Waals surface area contributed by atoms with E-state index in [1.54, 1.807) is 11.3 Å². The predicted octanol–water partition coefficient (Wildman–Crippen LogP) is 1.85. The van der Waals surface area contributed by atoms with E-state index in [0.29, 0.717) is 5.13 Å². The van der Waals surface area contributed by atoms with Crippen molar-refractivity contribution in [3.8, 4) is 0 Å². The summed E-state index contributed by atoms with van der Waals surface area (Å²) in [4.78, 5) is 6.94. The van der Waals surface area contributed by atoms with Crippen molar-refractivity contribution < 1.29 is 0 Å². The number of rotatable bonds is 2. The minimum atomic E-state index is 0.701.